The minimum absolute atomic E-state index is 0.390. The van der Waals surface area contributed by atoms with Gasteiger partial charge in [-0.05, 0) is 18.2 Å². The van der Waals surface area contributed by atoms with Gasteiger partial charge in [0.25, 0.3) is 0 Å². The molecule has 136 valence electrons. The summed E-state index contributed by atoms with van der Waals surface area (Å²) in [4.78, 5) is 29.6. The van der Waals surface area contributed by atoms with Crippen LogP contribution in [-0.4, -0.2) is 50.8 Å². The molecule has 5 rings (SSSR count). The fraction of sp³-hybridized carbons (Fsp3) is 0.263. The van der Waals surface area contributed by atoms with Gasteiger partial charge in [0.2, 0.25) is 0 Å². The van der Waals surface area contributed by atoms with E-state index in [0.717, 1.165) is 40.7 Å². The molecule has 1 saturated heterocycles. The number of morpholine rings is 1. The van der Waals surface area contributed by atoms with E-state index in [4.69, 9.17) is 14.7 Å². The predicted octanol–water partition coefficient (Wildman–Crippen LogP) is 1.71. The van der Waals surface area contributed by atoms with Crippen LogP contribution in [0, 0.1) is 0 Å². The maximum absolute atomic E-state index is 11.3. The summed E-state index contributed by atoms with van der Waals surface area (Å²) >= 11 is 0. The number of fused-ring (bicyclic) bond motifs is 3. The maximum atomic E-state index is 11.3. The molecule has 4 aromatic rings. The molecule has 1 aromatic carbocycles. The number of ether oxygens (including phenoxy) is 1. The summed E-state index contributed by atoms with van der Waals surface area (Å²) in [5.41, 5.74) is 2.29. The van der Waals surface area contributed by atoms with E-state index < -0.39 is 5.69 Å². The Morgan fingerprint density at radius 2 is 1.96 bits per heavy atom. The molecule has 0 atom stereocenters. The van der Waals surface area contributed by atoms with Crippen LogP contribution in [0.5, 0.6) is 0 Å². The molecular formula is C19H18N6O2. The van der Waals surface area contributed by atoms with Gasteiger partial charge in [0.1, 0.15) is 5.82 Å². The summed E-state index contributed by atoms with van der Waals surface area (Å²) in [6, 6.07) is 6.26. The highest BCUT2D eigenvalue weighted by Gasteiger charge is 2.19. The summed E-state index contributed by atoms with van der Waals surface area (Å²) in [7, 11) is 2.02. The minimum Gasteiger partial charge on any atom is -0.378 e. The second-order valence-corrected chi connectivity index (χ2v) is 6.60. The van der Waals surface area contributed by atoms with Crippen molar-refractivity contribution in [3.05, 3.63) is 47.3 Å². The molecule has 27 heavy (non-hydrogen) atoms. The van der Waals surface area contributed by atoms with Crippen LogP contribution in [0.1, 0.15) is 0 Å². The van der Waals surface area contributed by atoms with Crippen LogP contribution in [0.2, 0.25) is 0 Å². The van der Waals surface area contributed by atoms with Gasteiger partial charge in [0.05, 0.1) is 24.3 Å². The van der Waals surface area contributed by atoms with Crippen molar-refractivity contribution in [2.45, 2.75) is 0 Å². The molecule has 8 heteroatoms. The van der Waals surface area contributed by atoms with Crippen LogP contribution in [0.15, 0.2) is 41.6 Å². The number of H-pyrrole nitrogens is 1. The van der Waals surface area contributed by atoms with Gasteiger partial charge in [-0.15, -0.1) is 0 Å². The maximum Gasteiger partial charge on any atom is 0.344 e. The van der Waals surface area contributed by atoms with Gasteiger partial charge in [-0.1, -0.05) is 0 Å². The molecule has 8 nitrogen and oxygen atoms in total. The number of hydrogen-bond acceptors (Lipinski definition) is 6. The second-order valence-electron chi connectivity index (χ2n) is 6.60. The van der Waals surface area contributed by atoms with Crippen molar-refractivity contribution >= 4 is 27.6 Å². The van der Waals surface area contributed by atoms with Crippen LogP contribution in [0.25, 0.3) is 33.2 Å². The first-order valence-corrected chi connectivity index (χ1v) is 8.84. The third-order valence-corrected chi connectivity index (χ3v) is 4.95. The van der Waals surface area contributed by atoms with Gasteiger partial charge in [-0.2, -0.15) is 0 Å². The van der Waals surface area contributed by atoms with Crippen LogP contribution in [0.4, 0.5) is 5.82 Å². The molecular weight excluding hydrogens is 344 g/mol. The Labute approximate surface area is 154 Å². The Morgan fingerprint density at radius 1 is 1.11 bits per heavy atom. The lowest BCUT2D eigenvalue weighted by atomic mass is 10.1. The molecule has 0 aliphatic carbocycles. The average molecular weight is 362 g/mol. The van der Waals surface area contributed by atoms with Gasteiger partial charge in [-0.25, -0.2) is 19.7 Å². The largest absolute Gasteiger partial charge is 0.378 e. The first-order valence-electron chi connectivity index (χ1n) is 8.84. The Balaban J connectivity index is 1.81. The molecule has 0 spiro atoms. The van der Waals surface area contributed by atoms with E-state index in [9.17, 15) is 4.79 Å². The lowest BCUT2D eigenvalue weighted by molar-refractivity contribution is 0.122. The first kappa shape index (κ1) is 16.0. The molecule has 4 heterocycles. The predicted molar refractivity (Wildman–Crippen MR) is 103 cm³/mol. The third-order valence-electron chi connectivity index (χ3n) is 4.95. The van der Waals surface area contributed by atoms with Crippen LogP contribution >= 0.6 is 0 Å². The van der Waals surface area contributed by atoms with E-state index in [1.165, 1.54) is 6.20 Å². The lowest BCUT2D eigenvalue weighted by Crippen LogP contribution is -2.37. The summed E-state index contributed by atoms with van der Waals surface area (Å²) in [5.74, 6) is 1.43. The third kappa shape index (κ3) is 2.65. The van der Waals surface area contributed by atoms with E-state index in [1.54, 1.807) is 6.20 Å². The lowest BCUT2D eigenvalue weighted by Gasteiger charge is -2.29. The number of anilines is 1. The number of hydrogen-bond donors (Lipinski definition) is 1. The molecule has 3 aromatic heterocycles. The quantitative estimate of drug-likeness (QED) is 0.584. The van der Waals surface area contributed by atoms with Crippen molar-refractivity contribution in [2.75, 3.05) is 31.2 Å². The zero-order valence-electron chi connectivity index (χ0n) is 14.8. The number of benzene rings is 1. The molecule has 0 saturated carbocycles. The number of nitrogens with one attached hydrogen (secondary N) is 1. The SMILES string of the molecule is Cn1ccc2c3nc(-c4cnc(=O)[nH]c4)nc(N4CCOCC4)c3ccc21. The molecule has 1 fully saturated rings. The number of aromatic amines is 1. The number of aromatic nitrogens is 5. The highest BCUT2D eigenvalue weighted by atomic mass is 16.5. The van der Waals surface area contributed by atoms with Crippen LogP contribution < -0.4 is 10.6 Å². The summed E-state index contributed by atoms with van der Waals surface area (Å²) in [6.07, 6.45) is 5.14. The van der Waals surface area contributed by atoms with E-state index in [1.807, 2.05) is 13.2 Å². The zero-order valence-corrected chi connectivity index (χ0v) is 14.8. The van der Waals surface area contributed by atoms with E-state index >= 15 is 0 Å². The number of aryl methyl sites for hydroxylation is 1. The van der Waals surface area contributed by atoms with E-state index in [0.29, 0.717) is 24.6 Å². The molecule has 0 bridgehead atoms. The smallest absolute Gasteiger partial charge is 0.344 e. The van der Waals surface area contributed by atoms with Crippen molar-refractivity contribution in [1.82, 2.24) is 24.5 Å². The van der Waals surface area contributed by atoms with Gasteiger partial charge < -0.3 is 19.2 Å². The Bertz CT molecular complexity index is 1190. The number of rotatable bonds is 2. The second kappa shape index (κ2) is 6.17. The Morgan fingerprint density at radius 3 is 2.74 bits per heavy atom. The highest BCUT2D eigenvalue weighted by molar-refractivity contribution is 6.08. The molecule has 0 amide bonds. The van der Waals surface area contributed by atoms with Gasteiger partial charge in [0, 0.05) is 55.0 Å². The Hall–Kier alpha value is -3.26. The topological polar surface area (TPSA) is 88.9 Å². The van der Waals surface area contributed by atoms with Crippen molar-refractivity contribution in [1.29, 1.82) is 0 Å². The standard InChI is InChI=1S/C19H18N6O2/c1-24-5-4-13-15(24)3-2-14-16(13)22-17(12-10-20-19(26)21-11-12)23-18(14)25-6-8-27-9-7-25/h2-5,10-11H,6-9H2,1H3,(H,20,21,26). The monoisotopic (exact) mass is 362 g/mol. The molecule has 0 radical (unpaired) electrons. The minimum atomic E-state index is -0.390. The Kier molecular flexibility index (Phi) is 3.64. The molecule has 1 N–H and O–H groups in total. The van der Waals surface area contributed by atoms with Crippen LogP contribution in [0.3, 0.4) is 0 Å². The number of nitrogens with zero attached hydrogens (tertiary/aromatic N) is 5. The highest BCUT2D eigenvalue weighted by Crippen LogP contribution is 2.32. The van der Waals surface area contributed by atoms with Gasteiger partial charge >= 0.3 is 5.69 Å². The normalized spacial score (nSPS) is 14.9. The first-order chi connectivity index (χ1) is 13.2. The van der Waals surface area contributed by atoms with Crippen molar-refractivity contribution in [2.24, 2.45) is 7.05 Å². The van der Waals surface area contributed by atoms with Crippen LogP contribution in [-0.2, 0) is 11.8 Å². The summed E-state index contributed by atoms with van der Waals surface area (Å²) in [6.45, 7) is 2.91. The fourth-order valence-corrected chi connectivity index (χ4v) is 3.54. The summed E-state index contributed by atoms with van der Waals surface area (Å²) < 4.78 is 7.57. The average Bonchev–Trinajstić information content (AvgIpc) is 3.10. The van der Waals surface area contributed by atoms with E-state index in [2.05, 4.69) is 37.6 Å². The van der Waals surface area contributed by atoms with Gasteiger partial charge in [0.15, 0.2) is 5.82 Å². The van der Waals surface area contributed by atoms with E-state index in [-0.39, 0.29) is 0 Å². The summed E-state index contributed by atoms with van der Waals surface area (Å²) in [5, 5.41) is 2.09. The fourth-order valence-electron chi connectivity index (χ4n) is 3.54. The molecule has 1 aliphatic rings. The van der Waals surface area contributed by atoms with Crippen molar-refractivity contribution in [3.8, 4) is 11.4 Å². The molecule has 1 aliphatic heterocycles. The van der Waals surface area contributed by atoms with Crippen molar-refractivity contribution < 1.29 is 4.74 Å². The molecule has 0 unspecified atom stereocenters. The van der Waals surface area contributed by atoms with Crippen molar-refractivity contribution in [3.63, 3.8) is 0 Å². The van der Waals surface area contributed by atoms with Gasteiger partial charge in [-0.3, -0.25) is 0 Å². The zero-order chi connectivity index (χ0) is 18.4.